The van der Waals surface area contributed by atoms with Crippen LogP contribution in [0.25, 0.3) is 0 Å². The van der Waals surface area contributed by atoms with E-state index in [2.05, 4.69) is 5.32 Å². The second-order valence-corrected chi connectivity index (χ2v) is 6.42. The molecule has 4 nitrogen and oxygen atoms in total. The van der Waals surface area contributed by atoms with E-state index in [4.69, 9.17) is 5.11 Å². The third kappa shape index (κ3) is 1.64. The van der Waals surface area contributed by atoms with Gasteiger partial charge >= 0.3 is 5.97 Å². The summed E-state index contributed by atoms with van der Waals surface area (Å²) in [6.45, 7) is 0.966. The van der Waals surface area contributed by atoms with Gasteiger partial charge in [0.25, 0.3) is 0 Å². The fourth-order valence-corrected chi connectivity index (χ4v) is 4.36. The molecule has 0 unspecified atom stereocenters. The van der Waals surface area contributed by atoms with Gasteiger partial charge in [0, 0.05) is 18.3 Å². The van der Waals surface area contributed by atoms with E-state index >= 15 is 0 Å². The van der Waals surface area contributed by atoms with Crippen LogP contribution in [0.4, 0.5) is 5.69 Å². The van der Waals surface area contributed by atoms with Crippen molar-refractivity contribution in [2.45, 2.75) is 35.5 Å². The summed E-state index contributed by atoms with van der Waals surface area (Å²) in [5, 5.41) is 13.6. The molecule has 2 N–H and O–H groups in total. The van der Waals surface area contributed by atoms with Gasteiger partial charge in [-0.05, 0) is 18.9 Å². The molecule has 0 bridgehead atoms. The minimum atomic E-state index is -0.857. The van der Waals surface area contributed by atoms with Crippen LogP contribution in [-0.2, 0) is 7.05 Å². The first-order valence-electron chi connectivity index (χ1n) is 5.97. The summed E-state index contributed by atoms with van der Waals surface area (Å²) >= 11 is 1.87. The van der Waals surface area contributed by atoms with Crippen LogP contribution in [0.2, 0.25) is 0 Å². The summed E-state index contributed by atoms with van der Waals surface area (Å²) in [7, 11) is 1.84. The van der Waals surface area contributed by atoms with Gasteiger partial charge in [0.05, 0.1) is 10.7 Å². The van der Waals surface area contributed by atoms with E-state index in [0.29, 0.717) is 10.4 Å². The molecule has 1 aromatic heterocycles. The minimum absolute atomic E-state index is 0.300. The van der Waals surface area contributed by atoms with Gasteiger partial charge in [0.1, 0.15) is 5.69 Å². The molecule has 0 aromatic carbocycles. The van der Waals surface area contributed by atoms with Crippen LogP contribution in [0, 0.1) is 0 Å². The summed E-state index contributed by atoms with van der Waals surface area (Å²) in [6.07, 6.45) is 5.05. The van der Waals surface area contributed by atoms with Crippen molar-refractivity contribution in [2.24, 2.45) is 7.05 Å². The van der Waals surface area contributed by atoms with Gasteiger partial charge in [-0.3, -0.25) is 0 Å². The first-order chi connectivity index (χ1) is 8.11. The largest absolute Gasteiger partial charge is 0.477 e. The Morgan fingerprint density at radius 3 is 2.88 bits per heavy atom. The average Bonchev–Trinajstić information content (AvgIpc) is 2.86. The van der Waals surface area contributed by atoms with E-state index in [1.165, 1.54) is 25.7 Å². The van der Waals surface area contributed by atoms with Crippen LogP contribution < -0.4 is 5.32 Å². The number of nitrogens with zero attached hydrogens (tertiary/aromatic N) is 1. The molecule has 3 rings (SSSR count). The lowest BCUT2D eigenvalue weighted by Crippen LogP contribution is -2.33. The molecule has 2 aliphatic rings. The van der Waals surface area contributed by atoms with Crippen LogP contribution >= 0.6 is 11.8 Å². The quantitative estimate of drug-likeness (QED) is 0.806. The Labute approximate surface area is 104 Å². The van der Waals surface area contributed by atoms with Crippen molar-refractivity contribution in [3.05, 3.63) is 11.8 Å². The lowest BCUT2D eigenvalue weighted by atomic mass is 10.1. The standard InChI is InChI=1S/C12H16N2O2S/c1-14-9(11(15)16)6-8-10(14)17-12(7-13-8)4-2-3-5-12/h6,13H,2-5,7H2,1H3,(H,15,16). The van der Waals surface area contributed by atoms with E-state index in [1.807, 2.05) is 18.8 Å². The van der Waals surface area contributed by atoms with Gasteiger partial charge in [0.15, 0.2) is 0 Å². The maximum Gasteiger partial charge on any atom is 0.352 e. The van der Waals surface area contributed by atoms with Crippen molar-refractivity contribution < 1.29 is 9.90 Å². The molecule has 1 aliphatic carbocycles. The zero-order valence-corrected chi connectivity index (χ0v) is 10.6. The lowest BCUT2D eigenvalue weighted by Gasteiger charge is -2.33. The van der Waals surface area contributed by atoms with Crippen LogP contribution in [0.5, 0.6) is 0 Å². The van der Waals surface area contributed by atoms with Gasteiger partial charge < -0.3 is 15.0 Å². The Hall–Kier alpha value is -1.10. The molecule has 1 saturated carbocycles. The molecular formula is C12H16N2O2S. The highest BCUT2D eigenvalue weighted by atomic mass is 32.2. The normalized spacial score (nSPS) is 21.2. The molecule has 92 valence electrons. The third-order valence-corrected chi connectivity index (χ3v) is 5.50. The van der Waals surface area contributed by atoms with Crippen molar-refractivity contribution in [3.8, 4) is 0 Å². The molecule has 0 saturated heterocycles. The zero-order chi connectivity index (χ0) is 12.0. The number of aromatic carboxylic acids is 1. The summed E-state index contributed by atoms with van der Waals surface area (Å²) in [6, 6.07) is 1.74. The number of thioether (sulfide) groups is 1. The molecular weight excluding hydrogens is 236 g/mol. The molecule has 0 radical (unpaired) electrons. The van der Waals surface area contributed by atoms with Crippen molar-refractivity contribution in [2.75, 3.05) is 11.9 Å². The van der Waals surface area contributed by atoms with E-state index < -0.39 is 5.97 Å². The number of rotatable bonds is 1. The Kier molecular flexibility index (Phi) is 2.40. The van der Waals surface area contributed by atoms with Crippen LogP contribution in [-0.4, -0.2) is 26.9 Å². The number of fused-ring (bicyclic) bond motifs is 1. The number of hydrogen-bond acceptors (Lipinski definition) is 3. The van der Waals surface area contributed by atoms with Crippen molar-refractivity contribution in [1.82, 2.24) is 4.57 Å². The van der Waals surface area contributed by atoms with E-state index in [1.54, 1.807) is 10.6 Å². The predicted octanol–water partition coefficient (Wildman–Crippen LogP) is 2.55. The Morgan fingerprint density at radius 1 is 1.53 bits per heavy atom. The van der Waals surface area contributed by atoms with Crippen LogP contribution in [0.3, 0.4) is 0 Å². The Morgan fingerprint density at radius 2 is 2.24 bits per heavy atom. The van der Waals surface area contributed by atoms with Gasteiger partial charge in [0.2, 0.25) is 0 Å². The Balaban J connectivity index is 1.99. The molecule has 0 amide bonds. The van der Waals surface area contributed by atoms with Gasteiger partial charge in [-0.25, -0.2) is 4.79 Å². The van der Waals surface area contributed by atoms with Crippen LogP contribution in [0.1, 0.15) is 36.2 Å². The maximum absolute atomic E-state index is 11.1. The number of carbonyl (C=O) groups is 1. The SMILES string of the molecule is Cn1c(C(=O)O)cc2c1SC1(CCCC1)CN2. The zero-order valence-electron chi connectivity index (χ0n) is 9.82. The monoisotopic (exact) mass is 252 g/mol. The fraction of sp³-hybridized carbons (Fsp3) is 0.583. The first kappa shape index (κ1) is 11.0. The summed E-state index contributed by atoms with van der Waals surface area (Å²) in [5.74, 6) is -0.857. The highest BCUT2D eigenvalue weighted by Gasteiger charge is 2.39. The number of anilines is 1. The molecule has 1 fully saturated rings. The highest BCUT2D eigenvalue weighted by Crippen LogP contribution is 2.50. The number of nitrogens with one attached hydrogen (secondary N) is 1. The average molecular weight is 252 g/mol. The van der Waals surface area contributed by atoms with E-state index in [0.717, 1.165) is 17.3 Å². The molecule has 1 spiro atoms. The molecule has 2 heterocycles. The second-order valence-electron chi connectivity index (χ2n) is 4.96. The predicted molar refractivity (Wildman–Crippen MR) is 67.9 cm³/mol. The smallest absolute Gasteiger partial charge is 0.352 e. The highest BCUT2D eigenvalue weighted by molar-refractivity contribution is 8.00. The number of carboxylic acid groups (broad SMARTS) is 1. The topological polar surface area (TPSA) is 54.3 Å². The molecule has 5 heteroatoms. The third-order valence-electron chi connectivity index (χ3n) is 3.83. The molecule has 0 atom stereocenters. The lowest BCUT2D eigenvalue weighted by molar-refractivity contribution is 0.0685. The summed E-state index contributed by atoms with van der Waals surface area (Å²) < 4.78 is 2.10. The number of aromatic nitrogens is 1. The van der Waals surface area contributed by atoms with Gasteiger partial charge in [-0.15, -0.1) is 0 Å². The molecule has 1 aliphatic heterocycles. The maximum atomic E-state index is 11.1. The Bertz CT molecular complexity index is 475. The van der Waals surface area contributed by atoms with E-state index in [-0.39, 0.29) is 0 Å². The number of hydrogen-bond donors (Lipinski definition) is 2. The number of carboxylic acids is 1. The fourth-order valence-electron chi connectivity index (χ4n) is 2.84. The summed E-state index contributed by atoms with van der Waals surface area (Å²) in [4.78, 5) is 11.1. The van der Waals surface area contributed by atoms with Crippen LogP contribution in [0.15, 0.2) is 11.1 Å². The van der Waals surface area contributed by atoms with Crippen molar-refractivity contribution in [1.29, 1.82) is 0 Å². The summed E-state index contributed by atoms with van der Waals surface area (Å²) in [5.41, 5.74) is 1.34. The van der Waals surface area contributed by atoms with Crippen molar-refractivity contribution >= 4 is 23.4 Å². The van der Waals surface area contributed by atoms with Gasteiger partial charge in [-0.2, -0.15) is 0 Å². The van der Waals surface area contributed by atoms with E-state index in [9.17, 15) is 4.79 Å². The minimum Gasteiger partial charge on any atom is -0.477 e. The van der Waals surface area contributed by atoms with Gasteiger partial charge in [-0.1, -0.05) is 24.6 Å². The molecule has 1 aromatic rings. The molecule has 17 heavy (non-hydrogen) atoms. The second kappa shape index (κ2) is 3.70. The van der Waals surface area contributed by atoms with Crippen molar-refractivity contribution in [3.63, 3.8) is 0 Å². The first-order valence-corrected chi connectivity index (χ1v) is 6.79.